The van der Waals surface area contributed by atoms with Gasteiger partial charge in [0, 0.05) is 11.0 Å². The molecule has 0 radical (unpaired) electrons. The summed E-state index contributed by atoms with van der Waals surface area (Å²) in [5.41, 5.74) is -1.38. The number of benzene rings is 1. The lowest BCUT2D eigenvalue weighted by molar-refractivity contribution is -0.138. The monoisotopic (exact) mass is 353 g/mol. The molecule has 1 aromatic carbocycles. The van der Waals surface area contributed by atoms with Crippen molar-refractivity contribution < 1.29 is 23.1 Å². The molecule has 0 bridgehead atoms. The van der Waals surface area contributed by atoms with Gasteiger partial charge in [0.1, 0.15) is 0 Å². The summed E-state index contributed by atoms with van der Waals surface area (Å²) < 4.78 is 38.8. The van der Waals surface area contributed by atoms with E-state index in [-0.39, 0.29) is 11.0 Å². The molecule has 1 amide bonds. The van der Waals surface area contributed by atoms with E-state index in [1.807, 2.05) is 0 Å². The van der Waals surface area contributed by atoms with Crippen LogP contribution in [-0.2, 0) is 6.18 Å². The molecule has 0 saturated carbocycles. The van der Waals surface area contributed by atoms with E-state index in [0.717, 1.165) is 12.1 Å². The van der Waals surface area contributed by atoms with Gasteiger partial charge in [-0.1, -0.05) is 15.9 Å². The predicted molar refractivity (Wildman–Crippen MR) is 72.4 cm³/mol. The fourth-order valence-corrected chi connectivity index (χ4v) is 2.00. The third-order valence-corrected chi connectivity index (χ3v) is 3.11. The molecule has 1 rings (SSSR count). The highest BCUT2D eigenvalue weighted by molar-refractivity contribution is 9.10. The molecule has 1 aromatic rings. The first-order valence-electron chi connectivity index (χ1n) is 6.05. The molecule has 0 aromatic heterocycles. The number of carbonyl (C=O) groups excluding carboxylic acids is 1. The van der Waals surface area contributed by atoms with E-state index in [2.05, 4.69) is 21.2 Å². The number of aliphatic hydroxyl groups excluding tert-OH is 1. The van der Waals surface area contributed by atoms with Crippen molar-refractivity contribution in [3.63, 3.8) is 0 Å². The fraction of sp³-hybridized carbons (Fsp3) is 0.462. The molecule has 20 heavy (non-hydrogen) atoms. The maximum Gasteiger partial charge on any atom is 0.417 e. The van der Waals surface area contributed by atoms with Gasteiger partial charge in [-0.2, -0.15) is 13.2 Å². The van der Waals surface area contributed by atoms with Crippen LogP contribution in [0.15, 0.2) is 22.7 Å². The van der Waals surface area contributed by atoms with E-state index in [4.69, 9.17) is 5.11 Å². The lowest BCUT2D eigenvalue weighted by Gasteiger charge is -2.13. The predicted octanol–water partition coefficient (Wildman–Crippen LogP) is 3.36. The number of nitrogens with one attached hydrogen (secondary N) is 1. The second-order valence-electron chi connectivity index (χ2n) is 4.43. The summed E-state index contributed by atoms with van der Waals surface area (Å²) in [7, 11) is 0. The van der Waals surface area contributed by atoms with E-state index in [1.165, 1.54) is 6.07 Å². The molecule has 3 nitrogen and oxygen atoms in total. The van der Waals surface area contributed by atoms with Crippen LogP contribution in [-0.4, -0.2) is 23.7 Å². The lowest BCUT2D eigenvalue weighted by atomic mass is 10.1. The molecule has 0 aliphatic heterocycles. The third-order valence-electron chi connectivity index (χ3n) is 2.62. The van der Waals surface area contributed by atoms with Gasteiger partial charge in [0.2, 0.25) is 0 Å². The number of rotatable bonds is 5. The van der Waals surface area contributed by atoms with Crippen LogP contribution in [0.1, 0.15) is 35.7 Å². The number of hydrogen-bond donors (Lipinski definition) is 2. The van der Waals surface area contributed by atoms with Gasteiger partial charge in [0.25, 0.3) is 5.91 Å². The number of halogens is 4. The van der Waals surface area contributed by atoms with Crippen molar-refractivity contribution in [2.75, 3.05) is 6.54 Å². The summed E-state index contributed by atoms with van der Waals surface area (Å²) in [5, 5.41) is 11.5. The first kappa shape index (κ1) is 17.0. The molecule has 1 atom stereocenters. The molecular weight excluding hydrogens is 339 g/mol. The van der Waals surface area contributed by atoms with E-state index < -0.39 is 29.3 Å². The van der Waals surface area contributed by atoms with Crippen molar-refractivity contribution in [3.05, 3.63) is 33.8 Å². The number of hydrogen-bond acceptors (Lipinski definition) is 2. The summed E-state index contributed by atoms with van der Waals surface area (Å²) in [6.45, 7) is 1.83. The van der Waals surface area contributed by atoms with Crippen LogP contribution in [0.2, 0.25) is 0 Å². The van der Waals surface area contributed by atoms with Crippen molar-refractivity contribution in [3.8, 4) is 0 Å². The Labute approximate surface area is 123 Å². The molecule has 0 fully saturated rings. The zero-order valence-electron chi connectivity index (χ0n) is 10.8. The number of amides is 1. The normalized spacial score (nSPS) is 13.1. The van der Waals surface area contributed by atoms with Crippen LogP contribution in [0.5, 0.6) is 0 Å². The molecule has 7 heteroatoms. The van der Waals surface area contributed by atoms with Crippen LogP contribution >= 0.6 is 15.9 Å². The molecule has 0 aliphatic carbocycles. The molecule has 0 aliphatic rings. The minimum Gasteiger partial charge on any atom is -0.393 e. The topological polar surface area (TPSA) is 49.3 Å². The van der Waals surface area contributed by atoms with Crippen LogP contribution in [0, 0.1) is 0 Å². The van der Waals surface area contributed by atoms with Crippen molar-refractivity contribution in [2.45, 2.75) is 32.0 Å². The summed E-state index contributed by atoms with van der Waals surface area (Å²) in [6, 6.07) is 3.40. The third kappa shape index (κ3) is 5.13. The smallest absolute Gasteiger partial charge is 0.393 e. The Morgan fingerprint density at radius 1 is 1.45 bits per heavy atom. The van der Waals surface area contributed by atoms with E-state index in [9.17, 15) is 18.0 Å². The zero-order chi connectivity index (χ0) is 15.3. The highest BCUT2D eigenvalue weighted by Gasteiger charge is 2.35. The minimum atomic E-state index is -4.59. The average Bonchev–Trinajstić information content (AvgIpc) is 2.33. The second kappa shape index (κ2) is 7.08. The molecule has 0 saturated heterocycles. The Morgan fingerprint density at radius 2 is 2.10 bits per heavy atom. The van der Waals surface area contributed by atoms with Crippen molar-refractivity contribution in [1.29, 1.82) is 0 Å². The second-order valence-corrected chi connectivity index (χ2v) is 5.35. The maximum absolute atomic E-state index is 12.8. The summed E-state index contributed by atoms with van der Waals surface area (Å²) >= 11 is 2.96. The van der Waals surface area contributed by atoms with Gasteiger partial charge >= 0.3 is 6.18 Å². The van der Waals surface area contributed by atoms with E-state index in [0.29, 0.717) is 12.8 Å². The van der Waals surface area contributed by atoms with Gasteiger partial charge in [-0.25, -0.2) is 0 Å². The molecule has 2 N–H and O–H groups in total. The Hall–Kier alpha value is -1.08. The Kier molecular flexibility index (Phi) is 6.01. The van der Waals surface area contributed by atoms with Gasteiger partial charge in [-0.3, -0.25) is 4.79 Å². The molecule has 112 valence electrons. The summed E-state index contributed by atoms with van der Waals surface area (Å²) in [5.74, 6) is -0.768. The van der Waals surface area contributed by atoms with Gasteiger partial charge in [0.05, 0.1) is 17.2 Å². The van der Waals surface area contributed by atoms with Gasteiger partial charge in [-0.15, -0.1) is 0 Å². The highest BCUT2D eigenvalue weighted by atomic mass is 79.9. The standard InChI is InChI=1S/C13H15BrF3NO2/c1-8(19)3-2-6-18-12(20)10-5-4-9(14)7-11(10)13(15,16)17/h4-5,7-8,19H,2-3,6H2,1H3,(H,18,20). The van der Waals surface area contributed by atoms with Crippen molar-refractivity contribution in [2.24, 2.45) is 0 Å². The first-order chi connectivity index (χ1) is 9.21. The molecular formula is C13H15BrF3NO2. The van der Waals surface area contributed by atoms with Crippen molar-refractivity contribution in [1.82, 2.24) is 5.32 Å². The van der Waals surface area contributed by atoms with Crippen LogP contribution in [0.25, 0.3) is 0 Å². The SMILES string of the molecule is CC(O)CCCNC(=O)c1ccc(Br)cc1C(F)(F)F. The average molecular weight is 354 g/mol. The summed E-state index contributed by atoms with van der Waals surface area (Å²) in [6.07, 6.45) is -4.10. The highest BCUT2D eigenvalue weighted by Crippen LogP contribution is 2.33. The van der Waals surface area contributed by atoms with Gasteiger partial charge in [-0.05, 0) is 38.0 Å². The lowest BCUT2D eigenvalue weighted by Crippen LogP contribution is -2.27. The molecule has 0 heterocycles. The van der Waals surface area contributed by atoms with Gasteiger partial charge < -0.3 is 10.4 Å². The van der Waals surface area contributed by atoms with Crippen LogP contribution in [0.3, 0.4) is 0 Å². The number of alkyl halides is 3. The van der Waals surface area contributed by atoms with E-state index >= 15 is 0 Å². The Bertz CT molecular complexity index is 475. The summed E-state index contributed by atoms with van der Waals surface area (Å²) in [4.78, 5) is 11.8. The maximum atomic E-state index is 12.8. The molecule has 0 spiro atoms. The number of carbonyl (C=O) groups is 1. The van der Waals surface area contributed by atoms with Crippen molar-refractivity contribution >= 4 is 21.8 Å². The quantitative estimate of drug-likeness (QED) is 0.797. The van der Waals surface area contributed by atoms with Crippen LogP contribution < -0.4 is 5.32 Å². The van der Waals surface area contributed by atoms with Gasteiger partial charge in [0.15, 0.2) is 0 Å². The minimum absolute atomic E-state index is 0.219. The zero-order valence-corrected chi connectivity index (χ0v) is 12.4. The Balaban J connectivity index is 2.78. The van der Waals surface area contributed by atoms with Crippen LogP contribution in [0.4, 0.5) is 13.2 Å². The fourth-order valence-electron chi connectivity index (χ4n) is 1.64. The largest absolute Gasteiger partial charge is 0.417 e. The first-order valence-corrected chi connectivity index (χ1v) is 6.84. The Morgan fingerprint density at radius 3 is 2.65 bits per heavy atom. The number of aliphatic hydroxyl groups is 1. The molecule has 1 unspecified atom stereocenters. The van der Waals surface area contributed by atoms with E-state index in [1.54, 1.807) is 6.92 Å².